The lowest BCUT2D eigenvalue weighted by Gasteiger charge is -2.13. The third kappa shape index (κ3) is 2.63. The quantitative estimate of drug-likeness (QED) is 0.824. The minimum absolute atomic E-state index is 0. The minimum Gasteiger partial charge on any atom is -0.496 e. The highest BCUT2D eigenvalue weighted by Crippen LogP contribution is 2.26. The van der Waals surface area contributed by atoms with Gasteiger partial charge in [-0.05, 0) is 37.5 Å². The molecule has 80 valence electrons. The van der Waals surface area contributed by atoms with Crippen LogP contribution in [-0.4, -0.2) is 7.11 Å². The van der Waals surface area contributed by atoms with Crippen LogP contribution in [0.4, 0.5) is 0 Å². The van der Waals surface area contributed by atoms with Gasteiger partial charge >= 0.3 is 0 Å². The summed E-state index contributed by atoms with van der Waals surface area (Å²) in [5.41, 5.74) is 9.26. The van der Waals surface area contributed by atoms with E-state index in [2.05, 4.69) is 12.1 Å². The Bertz CT molecular complexity index is 287. The average molecular weight is 216 g/mol. The van der Waals surface area contributed by atoms with Crippen LogP contribution in [0.2, 0.25) is 0 Å². The summed E-state index contributed by atoms with van der Waals surface area (Å²) < 4.78 is 5.27. The molecule has 0 heterocycles. The predicted octanol–water partition coefficient (Wildman–Crippen LogP) is 2.75. The molecule has 0 fully saturated rings. The summed E-state index contributed by atoms with van der Waals surface area (Å²) >= 11 is 0. The second kappa shape index (κ2) is 5.23. The maximum Gasteiger partial charge on any atom is 0.124 e. The largest absolute Gasteiger partial charge is 0.496 e. The Hall–Kier alpha value is -0.730. The Morgan fingerprint density at radius 3 is 1.93 bits per heavy atom. The van der Waals surface area contributed by atoms with Gasteiger partial charge in [-0.25, -0.2) is 0 Å². The lowest BCUT2D eigenvalue weighted by atomic mass is 10.0. The van der Waals surface area contributed by atoms with E-state index in [-0.39, 0.29) is 18.4 Å². The fourth-order valence-corrected chi connectivity index (χ4v) is 1.57. The number of nitrogens with two attached hydrogens (primary N) is 1. The molecule has 2 N–H and O–H groups in total. The van der Waals surface area contributed by atoms with E-state index in [0.717, 1.165) is 22.4 Å². The Morgan fingerprint density at radius 2 is 1.64 bits per heavy atom. The number of aryl methyl sites for hydroxylation is 2. The summed E-state index contributed by atoms with van der Waals surface area (Å²) in [4.78, 5) is 0. The van der Waals surface area contributed by atoms with Crippen LogP contribution >= 0.6 is 12.4 Å². The van der Waals surface area contributed by atoms with Crippen molar-refractivity contribution in [2.45, 2.75) is 26.8 Å². The van der Waals surface area contributed by atoms with Gasteiger partial charge in [-0.15, -0.1) is 12.4 Å². The van der Waals surface area contributed by atoms with Gasteiger partial charge in [0.05, 0.1) is 7.11 Å². The van der Waals surface area contributed by atoms with Crippen LogP contribution in [-0.2, 0) is 0 Å². The van der Waals surface area contributed by atoms with Crippen LogP contribution in [0.25, 0.3) is 0 Å². The summed E-state index contributed by atoms with van der Waals surface area (Å²) in [5, 5.41) is 0. The van der Waals surface area contributed by atoms with E-state index in [9.17, 15) is 0 Å². The van der Waals surface area contributed by atoms with Crippen LogP contribution in [0.3, 0.4) is 0 Å². The standard InChI is InChI=1S/C11H17NO.ClH/c1-7-5-10(9(3)12)6-8(2)11(7)13-4;/h5-6,9H,12H2,1-4H3;1H/t9-;/m0./s1. The zero-order valence-electron chi connectivity index (χ0n) is 9.13. The van der Waals surface area contributed by atoms with Gasteiger partial charge in [0.15, 0.2) is 0 Å². The molecule has 0 aromatic heterocycles. The van der Waals surface area contributed by atoms with Crippen molar-refractivity contribution in [3.63, 3.8) is 0 Å². The molecule has 2 nitrogen and oxygen atoms in total. The minimum atomic E-state index is 0. The molecule has 1 atom stereocenters. The number of ether oxygens (including phenoxy) is 1. The Kier molecular flexibility index (Phi) is 4.95. The zero-order chi connectivity index (χ0) is 10.0. The van der Waals surface area contributed by atoms with Crippen LogP contribution in [0.5, 0.6) is 5.75 Å². The van der Waals surface area contributed by atoms with Crippen molar-refractivity contribution in [1.82, 2.24) is 0 Å². The van der Waals surface area contributed by atoms with Crippen molar-refractivity contribution in [2.75, 3.05) is 7.11 Å². The van der Waals surface area contributed by atoms with Crippen LogP contribution in [0, 0.1) is 13.8 Å². The van der Waals surface area contributed by atoms with Crippen molar-refractivity contribution in [3.8, 4) is 5.75 Å². The molecule has 3 heteroatoms. The lowest BCUT2D eigenvalue weighted by molar-refractivity contribution is 0.408. The van der Waals surface area contributed by atoms with Gasteiger partial charge in [0.1, 0.15) is 5.75 Å². The highest BCUT2D eigenvalue weighted by molar-refractivity contribution is 5.85. The van der Waals surface area contributed by atoms with Gasteiger partial charge in [0.25, 0.3) is 0 Å². The second-order valence-corrected chi connectivity index (χ2v) is 3.48. The molecule has 0 bridgehead atoms. The fourth-order valence-electron chi connectivity index (χ4n) is 1.57. The lowest BCUT2D eigenvalue weighted by Crippen LogP contribution is -2.06. The maximum absolute atomic E-state index is 5.80. The normalized spacial score (nSPS) is 11.8. The molecule has 0 aliphatic carbocycles. The Balaban J connectivity index is 0.00000169. The first-order chi connectivity index (χ1) is 6.06. The first-order valence-corrected chi connectivity index (χ1v) is 4.47. The summed E-state index contributed by atoms with van der Waals surface area (Å²) in [5.74, 6) is 0.962. The van der Waals surface area contributed by atoms with Crippen molar-refractivity contribution in [1.29, 1.82) is 0 Å². The summed E-state index contributed by atoms with van der Waals surface area (Å²) in [6, 6.07) is 4.25. The molecule has 1 aromatic rings. The molecule has 0 saturated carbocycles. The first-order valence-electron chi connectivity index (χ1n) is 4.47. The average Bonchev–Trinajstić information content (AvgIpc) is 2.03. The Labute approximate surface area is 91.9 Å². The molecule has 0 unspecified atom stereocenters. The second-order valence-electron chi connectivity index (χ2n) is 3.48. The number of hydrogen-bond donors (Lipinski definition) is 1. The maximum atomic E-state index is 5.80. The van der Waals surface area contributed by atoms with Crippen molar-refractivity contribution in [3.05, 3.63) is 28.8 Å². The van der Waals surface area contributed by atoms with E-state index in [1.54, 1.807) is 7.11 Å². The zero-order valence-corrected chi connectivity index (χ0v) is 9.94. The fraction of sp³-hybridized carbons (Fsp3) is 0.455. The van der Waals surface area contributed by atoms with Gasteiger partial charge in [-0.2, -0.15) is 0 Å². The smallest absolute Gasteiger partial charge is 0.124 e. The third-order valence-electron chi connectivity index (χ3n) is 2.21. The number of rotatable bonds is 2. The van der Waals surface area contributed by atoms with Gasteiger partial charge in [0, 0.05) is 6.04 Å². The summed E-state index contributed by atoms with van der Waals surface area (Å²) in [7, 11) is 1.70. The molecule has 0 spiro atoms. The Morgan fingerprint density at radius 1 is 1.21 bits per heavy atom. The van der Waals surface area contributed by atoms with E-state index in [4.69, 9.17) is 10.5 Å². The van der Waals surface area contributed by atoms with Crippen molar-refractivity contribution < 1.29 is 4.74 Å². The molecule has 0 aliphatic rings. The molecule has 0 saturated heterocycles. The number of methoxy groups -OCH3 is 1. The van der Waals surface area contributed by atoms with Gasteiger partial charge in [0.2, 0.25) is 0 Å². The predicted molar refractivity (Wildman–Crippen MR) is 62.3 cm³/mol. The number of halogens is 1. The molecule has 0 amide bonds. The van der Waals surface area contributed by atoms with Crippen LogP contribution in [0.15, 0.2) is 12.1 Å². The highest BCUT2D eigenvalue weighted by Gasteiger charge is 2.07. The van der Waals surface area contributed by atoms with E-state index in [1.807, 2.05) is 20.8 Å². The van der Waals surface area contributed by atoms with Crippen LogP contribution < -0.4 is 10.5 Å². The molecule has 14 heavy (non-hydrogen) atoms. The molecule has 1 rings (SSSR count). The van der Waals surface area contributed by atoms with Crippen molar-refractivity contribution >= 4 is 12.4 Å². The van der Waals surface area contributed by atoms with E-state index < -0.39 is 0 Å². The van der Waals surface area contributed by atoms with Crippen molar-refractivity contribution in [2.24, 2.45) is 5.73 Å². The topological polar surface area (TPSA) is 35.2 Å². The molecule has 0 radical (unpaired) electrons. The highest BCUT2D eigenvalue weighted by atomic mass is 35.5. The molecule has 1 aromatic carbocycles. The monoisotopic (exact) mass is 215 g/mol. The third-order valence-corrected chi connectivity index (χ3v) is 2.21. The van der Waals surface area contributed by atoms with Gasteiger partial charge in [-0.3, -0.25) is 0 Å². The number of benzene rings is 1. The molecule has 0 aliphatic heterocycles. The summed E-state index contributed by atoms with van der Waals surface area (Å²) in [6.07, 6.45) is 0. The number of hydrogen-bond acceptors (Lipinski definition) is 2. The van der Waals surface area contributed by atoms with Gasteiger partial charge < -0.3 is 10.5 Å². The SMILES string of the molecule is COc1c(C)cc([C@H](C)N)cc1C.Cl. The van der Waals surface area contributed by atoms with Gasteiger partial charge in [-0.1, -0.05) is 12.1 Å². The van der Waals surface area contributed by atoms with Crippen LogP contribution in [0.1, 0.15) is 29.7 Å². The summed E-state index contributed by atoms with van der Waals surface area (Å²) in [6.45, 7) is 6.07. The van der Waals surface area contributed by atoms with E-state index in [0.29, 0.717) is 0 Å². The molecular weight excluding hydrogens is 198 g/mol. The van der Waals surface area contributed by atoms with E-state index in [1.165, 1.54) is 0 Å². The van der Waals surface area contributed by atoms with E-state index >= 15 is 0 Å². The molecular formula is C11H18ClNO. The first kappa shape index (κ1) is 13.3.